The number of carboxylic acid groups (broad SMARTS) is 2. The van der Waals surface area contributed by atoms with E-state index >= 15 is 0 Å². The summed E-state index contributed by atoms with van der Waals surface area (Å²) < 4.78 is 70.4. The molecule has 0 spiro atoms. The summed E-state index contributed by atoms with van der Waals surface area (Å²) in [4.78, 5) is 85.8. The summed E-state index contributed by atoms with van der Waals surface area (Å²) in [6.45, 7) is 0. The Hall–Kier alpha value is -3.41. The van der Waals surface area contributed by atoms with Gasteiger partial charge in [-0.3, -0.25) is 68.2 Å². The average molecular weight is 912 g/mol. The molecule has 0 aliphatic heterocycles. The van der Waals surface area contributed by atoms with Gasteiger partial charge in [-0.15, -0.1) is 0 Å². The van der Waals surface area contributed by atoms with Crippen molar-refractivity contribution in [1.82, 2.24) is 20.4 Å². The van der Waals surface area contributed by atoms with Gasteiger partial charge in [0.1, 0.15) is 5.39 Å². The number of carboxylic acids is 2. The number of nitro groups is 2. The van der Waals surface area contributed by atoms with Gasteiger partial charge < -0.3 is 25.1 Å². The van der Waals surface area contributed by atoms with Crippen molar-refractivity contribution < 1.29 is 123 Å². The molecule has 3 aromatic carbocycles. The SMILES string of the molecule is Nc1cccc2c(=O)[nH][nH]c(=O)c12.O=C(O)c1cccc([N+](=O)[O-])c1C(=O)O.O=S(=O)([O-])[O-].O=S(=O)=S(=O)=O.O=c1[nH][nH]c(=O)c2c([N+](=O)[O-])cccc12.[Na+].[Na+].[Na][Na]. The molecule has 0 atom stereocenters. The van der Waals surface area contributed by atoms with Gasteiger partial charge in [-0.1, -0.05) is 18.2 Å². The van der Waals surface area contributed by atoms with Crippen LogP contribution in [-0.2, 0) is 28.9 Å². The molecule has 8 N–H and O–H groups in total. The number of anilines is 1. The van der Waals surface area contributed by atoms with Crippen molar-refractivity contribution in [2.75, 3.05) is 5.73 Å². The summed E-state index contributed by atoms with van der Waals surface area (Å²) in [5.41, 5.74) is 1.37. The standard InChI is InChI=1S/C8H5N3O4.C8H7N3O2.C8H5NO6.4Na.O4S2.H2O4S/c12-7-4-2-1-3-5(11(14)15)6(4)8(13)10-9-7;9-5-3-1-2-4-6(5)8(13)11-10-7(4)12;10-7(11)4-2-1-3-5(9(14)15)6(4)8(12)13;;;;;1-5(2)6(3)4;1-5(2,3)4/h1-3H,(H,9,12)(H,10,13);1-3H,9H2,(H,10,12)(H,11,13);1-3H,(H,10,11)(H,12,13);;;;;;(H2,1,2,3,4)/q;;;;;2*+1;;/p-2. The van der Waals surface area contributed by atoms with Gasteiger partial charge in [0.05, 0.1) is 31.6 Å². The summed E-state index contributed by atoms with van der Waals surface area (Å²) in [5, 5.41) is 47.3. The van der Waals surface area contributed by atoms with E-state index in [1.807, 2.05) is 5.10 Å². The first-order valence-electron chi connectivity index (χ1n) is 13.9. The third-order valence-corrected chi connectivity index (χ3v) is 6.54. The number of aromatic nitrogens is 4. The second kappa shape index (κ2) is 28.1. The number of carbonyl (C=O) groups is 2. The number of fused-ring (bicyclic) bond motifs is 2. The van der Waals surface area contributed by atoms with Gasteiger partial charge in [-0.25, -0.2) is 9.59 Å². The fraction of sp³-hybridized carbons (Fsp3) is 0. The number of nitro benzene ring substituents is 2. The Kier molecular flexibility index (Phi) is 28.6. The monoisotopic (exact) mass is 911 g/mol. The normalized spacial score (nSPS) is 9.41. The number of nitrogens with zero attached hydrogens (tertiary/aromatic N) is 2. The second-order valence-electron chi connectivity index (χ2n) is 8.93. The van der Waals surface area contributed by atoms with Crippen LogP contribution in [0.4, 0.5) is 17.1 Å². The Morgan fingerprint density at radius 2 is 0.983 bits per heavy atom. The first-order valence-corrected chi connectivity index (χ1v) is 25.9. The second-order valence-corrected chi connectivity index (χ2v) is 12.2. The van der Waals surface area contributed by atoms with Gasteiger partial charge in [0, 0.05) is 28.2 Å². The van der Waals surface area contributed by atoms with Crippen molar-refractivity contribution in [3.8, 4) is 0 Å². The van der Waals surface area contributed by atoms with Crippen LogP contribution in [0.25, 0.3) is 21.5 Å². The van der Waals surface area contributed by atoms with Crippen LogP contribution in [0.5, 0.6) is 0 Å². The minimum absolute atomic E-state index is 0. The molecule has 0 fully saturated rings. The molecular formula is C24H17N7Na4O20S3. The Morgan fingerprint density at radius 3 is 1.34 bits per heavy atom. The molecule has 2 aromatic heterocycles. The molecule has 290 valence electrons. The Labute approximate surface area is 394 Å². The Bertz CT molecular complexity index is 2830. The summed E-state index contributed by atoms with van der Waals surface area (Å²) in [7, 11) is -11.1. The van der Waals surface area contributed by atoms with Crippen molar-refractivity contribution in [2.45, 2.75) is 0 Å². The summed E-state index contributed by atoms with van der Waals surface area (Å²) in [5.74, 6) is -3.16. The number of aromatic carboxylic acids is 2. The van der Waals surface area contributed by atoms with E-state index < -0.39 is 78.6 Å². The van der Waals surface area contributed by atoms with Crippen molar-refractivity contribution >= 4 is 123 Å². The number of hydrogen-bond donors (Lipinski definition) is 7. The zero-order valence-electron chi connectivity index (χ0n) is 29.6. The molecule has 0 unspecified atom stereocenters. The van der Waals surface area contributed by atoms with Crippen LogP contribution >= 0.6 is 0 Å². The van der Waals surface area contributed by atoms with Crippen molar-refractivity contribution in [1.29, 1.82) is 0 Å². The zero-order chi connectivity index (χ0) is 43.7. The quantitative estimate of drug-likeness (QED) is 0.0220. The van der Waals surface area contributed by atoms with E-state index in [1.165, 1.54) is 61.8 Å². The molecule has 0 aliphatic rings. The molecule has 0 bridgehead atoms. The number of hydrogen-bond acceptors (Lipinski definition) is 19. The molecule has 2 heterocycles. The van der Waals surface area contributed by atoms with E-state index in [-0.39, 0.29) is 92.1 Å². The van der Waals surface area contributed by atoms with Crippen molar-refractivity contribution in [3.63, 3.8) is 0 Å². The molecule has 0 radical (unpaired) electrons. The van der Waals surface area contributed by atoms with Gasteiger partial charge in [-0.2, -0.15) is 16.8 Å². The Balaban J connectivity index is -0.000000672. The molecule has 5 aromatic rings. The number of rotatable bonds is 4. The number of nitrogens with two attached hydrogens (primary N) is 1. The first-order chi connectivity index (χ1) is 25.9. The van der Waals surface area contributed by atoms with Crippen LogP contribution in [0.2, 0.25) is 0 Å². The van der Waals surface area contributed by atoms with Crippen LogP contribution < -0.4 is 87.1 Å². The maximum absolute atomic E-state index is 11.3. The van der Waals surface area contributed by atoms with Crippen molar-refractivity contribution in [2.24, 2.45) is 0 Å². The molecule has 5 rings (SSSR count). The molecular weight excluding hydrogens is 894 g/mol. The topological polar surface area (TPSA) is 467 Å². The molecule has 34 heteroatoms. The number of H-pyrrole nitrogens is 4. The fourth-order valence-electron chi connectivity index (χ4n) is 3.71. The molecule has 58 heavy (non-hydrogen) atoms. The number of benzene rings is 3. The van der Waals surface area contributed by atoms with E-state index in [0.29, 0.717) is 11.1 Å². The number of nitrogens with one attached hydrogen (secondary N) is 4. The van der Waals surface area contributed by atoms with E-state index in [2.05, 4.69) is 15.3 Å². The zero-order valence-corrected chi connectivity index (χ0v) is 40.1. The van der Waals surface area contributed by atoms with Crippen LogP contribution in [0, 0.1) is 20.2 Å². The third kappa shape index (κ3) is 19.6. The third-order valence-electron chi connectivity index (χ3n) is 5.65. The molecule has 0 aliphatic carbocycles. The summed E-state index contributed by atoms with van der Waals surface area (Å²) >= 11 is 2.89. The van der Waals surface area contributed by atoms with Gasteiger partial charge >= 0.3 is 133 Å². The van der Waals surface area contributed by atoms with Crippen LogP contribution in [-0.4, -0.2) is 130 Å². The van der Waals surface area contributed by atoms with Crippen LogP contribution in [0.15, 0.2) is 73.8 Å². The van der Waals surface area contributed by atoms with Crippen LogP contribution in [0.1, 0.15) is 20.7 Å². The molecule has 0 amide bonds. The predicted octanol–water partition coefficient (Wildman–Crippen LogP) is -8.52. The van der Waals surface area contributed by atoms with E-state index in [1.54, 1.807) is 18.2 Å². The van der Waals surface area contributed by atoms with Gasteiger partial charge in [0.25, 0.3) is 33.6 Å². The fourth-order valence-corrected chi connectivity index (χ4v) is 3.71. The van der Waals surface area contributed by atoms with E-state index in [4.69, 9.17) is 50.3 Å². The van der Waals surface area contributed by atoms with Crippen LogP contribution in [0.3, 0.4) is 0 Å². The van der Waals surface area contributed by atoms with Gasteiger partial charge in [-0.05, 0) is 24.3 Å². The summed E-state index contributed by atoms with van der Waals surface area (Å²) in [6.07, 6.45) is 0. The summed E-state index contributed by atoms with van der Waals surface area (Å²) in [6, 6.07) is 11.7. The predicted molar refractivity (Wildman–Crippen MR) is 188 cm³/mol. The van der Waals surface area contributed by atoms with E-state index in [9.17, 15) is 49.0 Å². The Morgan fingerprint density at radius 1 is 0.638 bits per heavy atom. The number of non-ortho nitro benzene ring substituents is 1. The maximum atomic E-state index is 11.3. The van der Waals surface area contributed by atoms with E-state index in [0.717, 1.165) is 18.2 Å². The molecule has 0 saturated carbocycles. The number of aromatic amines is 4. The molecule has 27 nitrogen and oxygen atoms in total. The van der Waals surface area contributed by atoms with Gasteiger partial charge in [0.2, 0.25) is 0 Å². The number of nitrogen functional groups attached to an aromatic ring is 1. The van der Waals surface area contributed by atoms with Gasteiger partial charge in [0.15, 0.2) is 5.56 Å². The molecule has 0 saturated heterocycles. The average Bonchev–Trinajstić information content (AvgIpc) is 3.11. The minimum atomic E-state index is -5.17. The van der Waals surface area contributed by atoms with Crippen molar-refractivity contribution in [3.05, 3.63) is 127 Å². The first kappa shape index (κ1) is 58.9.